The lowest BCUT2D eigenvalue weighted by Gasteiger charge is -2.05. The molecule has 0 spiro atoms. The third-order valence-corrected chi connectivity index (χ3v) is 3.40. The van der Waals surface area contributed by atoms with E-state index in [4.69, 9.17) is 4.42 Å². The van der Waals surface area contributed by atoms with Gasteiger partial charge in [-0.25, -0.2) is 4.98 Å². The minimum atomic E-state index is -0.478. The van der Waals surface area contributed by atoms with Crippen molar-refractivity contribution in [3.63, 3.8) is 0 Å². The molecular weight excluding hydrogens is 280 g/mol. The predicted molar refractivity (Wildman–Crippen MR) is 75.7 cm³/mol. The highest BCUT2D eigenvalue weighted by atomic mass is 32.2. The van der Waals surface area contributed by atoms with Crippen LogP contribution >= 0.6 is 11.8 Å². The van der Waals surface area contributed by atoms with E-state index >= 15 is 0 Å². The Hall–Kier alpha value is -2.09. The van der Waals surface area contributed by atoms with Crippen molar-refractivity contribution in [2.75, 3.05) is 11.9 Å². The second-order valence-electron chi connectivity index (χ2n) is 3.94. The summed E-state index contributed by atoms with van der Waals surface area (Å²) in [6.07, 6.45) is 3.73. The lowest BCUT2D eigenvalue weighted by molar-refractivity contribution is -0.388. The van der Waals surface area contributed by atoms with Crippen molar-refractivity contribution in [3.8, 4) is 0 Å². The van der Waals surface area contributed by atoms with Crippen LogP contribution in [0.5, 0.6) is 0 Å². The summed E-state index contributed by atoms with van der Waals surface area (Å²) in [5, 5.41) is 14.3. The van der Waals surface area contributed by atoms with E-state index in [9.17, 15) is 10.1 Å². The summed E-state index contributed by atoms with van der Waals surface area (Å²) in [6, 6.07) is 3.59. The van der Waals surface area contributed by atoms with Crippen LogP contribution < -0.4 is 5.32 Å². The molecule has 106 valence electrons. The van der Waals surface area contributed by atoms with Crippen LogP contribution in [0.1, 0.15) is 19.1 Å². The molecule has 0 fully saturated rings. The summed E-state index contributed by atoms with van der Waals surface area (Å²) in [5.41, 5.74) is -0.0939. The van der Waals surface area contributed by atoms with Crippen LogP contribution in [0, 0.1) is 10.1 Å². The molecule has 1 N–H and O–H groups in total. The SMILES string of the molecule is CCCNc1ncc([N+](=O)[O-])c(SCc2ccco2)n1. The molecule has 0 atom stereocenters. The van der Waals surface area contributed by atoms with Crippen molar-refractivity contribution in [1.82, 2.24) is 9.97 Å². The number of rotatable bonds is 7. The fourth-order valence-electron chi connectivity index (χ4n) is 1.45. The van der Waals surface area contributed by atoms with Gasteiger partial charge >= 0.3 is 5.69 Å². The highest BCUT2D eigenvalue weighted by molar-refractivity contribution is 7.98. The number of nitrogens with zero attached hydrogens (tertiary/aromatic N) is 3. The zero-order valence-electron chi connectivity index (χ0n) is 10.9. The van der Waals surface area contributed by atoms with Crippen molar-refractivity contribution in [2.24, 2.45) is 0 Å². The molecule has 2 aromatic heterocycles. The molecule has 0 aliphatic rings. The molecule has 0 unspecified atom stereocenters. The van der Waals surface area contributed by atoms with Crippen LogP contribution in [-0.4, -0.2) is 21.4 Å². The Kier molecular flexibility index (Phi) is 4.94. The fraction of sp³-hybridized carbons (Fsp3) is 0.333. The minimum Gasteiger partial charge on any atom is -0.468 e. The molecular formula is C12H14N4O3S. The summed E-state index contributed by atoms with van der Waals surface area (Å²) in [4.78, 5) is 18.6. The minimum absolute atomic E-state index is 0.0939. The van der Waals surface area contributed by atoms with Gasteiger partial charge in [-0.1, -0.05) is 18.7 Å². The molecule has 0 saturated heterocycles. The van der Waals surface area contributed by atoms with Crippen LogP contribution in [-0.2, 0) is 5.75 Å². The lowest BCUT2D eigenvalue weighted by Crippen LogP contribution is -2.06. The Labute approximate surface area is 120 Å². The molecule has 2 heterocycles. The molecule has 20 heavy (non-hydrogen) atoms. The van der Waals surface area contributed by atoms with Gasteiger partial charge in [-0.3, -0.25) is 10.1 Å². The maximum atomic E-state index is 11.0. The number of furan rings is 1. The third kappa shape index (κ3) is 3.70. The van der Waals surface area contributed by atoms with Gasteiger partial charge in [-0.05, 0) is 18.6 Å². The molecule has 8 heteroatoms. The Morgan fingerprint density at radius 1 is 1.55 bits per heavy atom. The topological polar surface area (TPSA) is 94.1 Å². The number of hydrogen-bond acceptors (Lipinski definition) is 7. The van der Waals surface area contributed by atoms with Crippen molar-refractivity contribution in [1.29, 1.82) is 0 Å². The van der Waals surface area contributed by atoms with Crippen molar-refractivity contribution >= 4 is 23.4 Å². The number of anilines is 1. The maximum absolute atomic E-state index is 11.0. The van der Waals surface area contributed by atoms with E-state index in [-0.39, 0.29) is 5.69 Å². The molecule has 0 amide bonds. The maximum Gasteiger partial charge on any atom is 0.319 e. The number of nitro groups is 1. The Balaban J connectivity index is 2.15. The van der Waals surface area contributed by atoms with Gasteiger partial charge < -0.3 is 9.73 Å². The zero-order valence-corrected chi connectivity index (χ0v) is 11.7. The highest BCUT2D eigenvalue weighted by Crippen LogP contribution is 2.29. The normalized spacial score (nSPS) is 10.4. The highest BCUT2D eigenvalue weighted by Gasteiger charge is 2.18. The average Bonchev–Trinajstić information content (AvgIpc) is 2.96. The number of hydrogen-bond donors (Lipinski definition) is 1. The van der Waals surface area contributed by atoms with Crippen molar-refractivity contribution in [2.45, 2.75) is 24.1 Å². The lowest BCUT2D eigenvalue weighted by atomic mass is 10.5. The first kappa shape index (κ1) is 14.3. The summed E-state index contributed by atoms with van der Waals surface area (Å²) in [5.74, 6) is 1.63. The number of nitrogens with one attached hydrogen (secondary N) is 1. The van der Waals surface area contributed by atoms with E-state index in [0.29, 0.717) is 16.7 Å². The molecule has 0 aromatic carbocycles. The van der Waals surface area contributed by atoms with Crippen LogP contribution in [0.2, 0.25) is 0 Å². The zero-order chi connectivity index (χ0) is 14.4. The smallest absolute Gasteiger partial charge is 0.319 e. The van der Waals surface area contributed by atoms with Gasteiger partial charge in [-0.15, -0.1) is 0 Å². The van der Waals surface area contributed by atoms with Gasteiger partial charge in [0.2, 0.25) is 5.95 Å². The standard InChI is InChI=1S/C12H14N4O3S/c1-2-5-13-12-14-7-10(16(17)18)11(15-12)20-8-9-4-3-6-19-9/h3-4,6-7H,2,5,8H2,1H3,(H,13,14,15). The number of thioether (sulfide) groups is 1. The van der Waals surface area contributed by atoms with E-state index in [0.717, 1.165) is 18.7 Å². The molecule has 0 radical (unpaired) electrons. The summed E-state index contributed by atoms with van der Waals surface area (Å²) >= 11 is 1.25. The van der Waals surface area contributed by atoms with Gasteiger partial charge in [0.1, 0.15) is 12.0 Å². The van der Waals surface area contributed by atoms with Crippen LogP contribution in [0.3, 0.4) is 0 Å². The summed E-state index contributed by atoms with van der Waals surface area (Å²) in [7, 11) is 0. The van der Waals surface area contributed by atoms with Crippen LogP contribution in [0.15, 0.2) is 34.0 Å². The molecule has 0 aliphatic heterocycles. The van der Waals surface area contributed by atoms with Gasteiger partial charge in [0.05, 0.1) is 16.9 Å². The second kappa shape index (κ2) is 6.90. The Bertz CT molecular complexity index is 574. The van der Waals surface area contributed by atoms with Gasteiger partial charge in [0, 0.05) is 6.54 Å². The third-order valence-electron chi connectivity index (χ3n) is 2.40. The van der Waals surface area contributed by atoms with Gasteiger partial charge in [0.25, 0.3) is 0 Å². The van der Waals surface area contributed by atoms with E-state index in [1.54, 1.807) is 12.3 Å². The number of aromatic nitrogens is 2. The molecule has 0 saturated carbocycles. The first-order valence-corrected chi connectivity index (χ1v) is 7.09. The fourth-order valence-corrected chi connectivity index (χ4v) is 2.32. The predicted octanol–water partition coefficient (Wildman–Crippen LogP) is 3.09. The first-order chi connectivity index (χ1) is 9.70. The monoisotopic (exact) mass is 294 g/mol. The van der Waals surface area contributed by atoms with E-state index in [1.165, 1.54) is 18.0 Å². The van der Waals surface area contributed by atoms with E-state index < -0.39 is 4.92 Å². The largest absolute Gasteiger partial charge is 0.468 e. The van der Waals surface area contributed by atoms with Crippen molar-refractivity contribution in [3.05, 3.63) is 40.5 Å². The summed E-state index contributed by atoms with van der Waals surface area (Å²) in [6.45, 7) is 2.74. The van der Waals surface area contributed by atoms with Gasteiger partial charge in [-0.2, -0.15) is 4.98 Å². The molecule has 2 rings (SSSR count). The molecule has 2 aromatic rings. The Morgan fingerprint density at radius 2 is 2.40 bits per heavy atom. The first-order valence-electron chi connectivity index (χ1n) is 6.11. The van der Waals surface area contributed by atoms with Gasteiger partial charge in [0.15, 0.2) is 5.03 Å². The Morgan fingerprint density at radius 3 is 3.05 bits per heavy atom. The summed E-state index contributed by atoms with van der Waals surface area (Å²) < 4.78 is 5.20. The second-order valence-corrected chi connectivity index (χ2v) is 4.90. The van der Waals surface area contributed by atoms with E-state index in [2.05, 4.69) is 15.3 Å². The van der Waals surface area contributed by atoms with Crippen LogP contribution in [0.4, 0.5) is 11.6 Å². The molecule has 0 aliphatic carbocycles. The van der Waals surface area contributed by atoms with Crippen LogP contribution in [0.25, 0.3) is 0 Å². The van der Waals surface area contributed by atoms with Crippen molar-refractivity contribution < 1.29 is 9.34 Å². The molecule has 0 bridgehead atoms. The van der Waals surface area contributed by atoms with E-state index in [1.807, 2.05) is 13.0 Å². The molecule has 7 nitrogen and oxygen atoms in total. The quantitative estimate of drug-likeness (QED) is 0.363. The average molecular weight is 294 g/mol.